The van der Waals surface area contributed by atoms with Gasteiger partial charge in [0.2, 0.25) is 0 Å². The highest BCUT2D eigenvalue weighted by atomic mass is 16.5. The first-order chi connectivity index (χ1) is 10.0. The molecule has 1 atom stereocenters. The van der Waals surface area contributed by atoms with Crippen LogP contribution in [0.4, 0.5) is 0 Å². The lowest BCUT2D eigenvalue weighted by Crippen LogP contribution is -2.40. The standard InChI is InChI=1S/C16H23N3O2/c1-11(2)7-8-19-10-12(9-14(17)16(20)18-21)13-5-3-4-6-15(13)19/h3-6,10-11,14,21H,7-9,17H2,1-2H3,(H,18,20)/t14-/m0/s1. The molecule has 4 N–H and O–H groups in total. The predicted molar refractivity (Wildman–Crippen MR) is 83.0 cm³/mol. The number of fused-ring (bicyclic) bond motifs is 1. The lowest BCUT2D eigenvalue weighted by atomic mass is 10.1. The third-order valence-electron chi connectivity index (χ3n) is 3.71. The second kappa shape index (κ2) is 6.74. The van der Waals surface area contributed by atoms with E-state index < -0.39 is 11.9 Å². The summed E-state index contributed by atoms with van der Waals surface area (Å²) in [6.07, 6.45) is 3.57. The van der Waals surface area contributed by atoms with Crippen molar-refractivity contribution >= 4 is 16.8 Å². The van der Waals surface area contributed by atoms with Gasteiger partial charge in [-0.1, -0.05) is 32.0 Å². The average molecular weight is 289 g/mol. The zero-order valence-corrected chi connectivity index (χ0v) is 12.5. The molecule has 2 aromatic rings. The molecule has 5 nitrogen and oxygen atoms in total. The number of hydrogen-bond donors (Lipinski definition) is 3. The van der Waals surface area contributed by atoms with Crippen molar-refractivity contribution in [1.29, 1.82) is 0 Å². The number of nitrogens with zero attached hydrogens (tertiary/aromatic N) is 1. The lowest BCUT2D eigenvalue weighted by molar-refractivity contribution is -0.130. The molecule has 0 unspecified atom stereocenters. The van der Waals surface area contributed by atoms with E-state index in [0.717, 1.165) is 29.4 Å². The monoisotopic (exact) mass is 289 g/mol. The first-order valence-corrected chi connectivity index (χ1v) is 7.29. The predicted octanol–water partition coefficient (Wildman–Crippen LogP) is 2.06. The number of aromatic nitrogens is 1. The topological polar surface area (TPSA) is 80.3 Å². The summed E-state index contributed by atoms with van der Waals surface area (Å²) in [5.41, 5.74) is 9.60. The lowest BCUT2D eigenvalue weighted by Gasteiger charge is -2.08. The van der Waals surface area contributed by atoms with Crippen molar-refractivity contribution in [2.75, 3.05) is 0 Å². The maximum atomic E-state index is 11.4. The molecule has 5 heteroatoms. The van der Waals surface area contributed by atoms with Gasteiger partial charge in [-0.2, -0.15) is 0 Å². The Morgan fingerprint density at radius 2 is 2.10 bits per heavy atom. The molecule has 2 rings (SSSR count). The van der Waals surface area contributed by atoms with Crippen LogP contribution in [0.5, 0.6) is 0 Å². The maximum absolute atomic E-state index is 11.4. The number of carbonyl (C=O) groups excluding carboxylic acids is 1. The molecule has 1 aromatic heterocycles. The van der Waals surface area contributed by atoms with Crippen molar-refractivity contribution in [2.45, 2.75) is 39.3 Å². The number of aryl methyl sites for hydroxylation is 1. The minimum Gasteiger partial charge on any atom is -0.347 e. The fraction of sp³-hybridized carbons (Fsp3) is 0.438. The Hall–Kier alpha value is -1.85. The van der Waals surface area contributed by atoms with Crippen LogP contribution in [0.1, 0.15) is 25.8 Å². The summed E-state index contributed by atoms with van der Waals surface area (Å²) in [6, 6.07) is 7.37. The first-order valence-electron chi connectivity index (χ1n) is 7.29. The van der Waals surface area contributed by atoms with Gasteiger partial charge in [-0.15, -0.1) is 0 Å². The van der Waals surface area contributed by atoms with Crippen molar-refractivity contribution in [3.63, 3.8) is 0 Å². The maximum Gasteiger partial charge on any atom is 0.260 e. The molecule has 0 fully saturated rings. The largest absolute Gasteiger partial charge is 0.347 e. The number of para-hydroxylation sites is 1. The zero-order valence-electron chi connectivity index (χ0n) is 12.5. The molecule has 0 radical (unpaired) electrons. The molecule has 0 aliphatic carbocycles. The normalized spacial score (nSPS) is 12.8. The number of hydrogen-bond acceptors (Lipinski definition) is 3. The van der Waals surface area contributed by atoms with E-state index in [1.807, 2.05) is 18.2 Å². The van der Waals surface area contributed by atoms with Gasteiger partial charge in [0, 0.05) is 23.6 Å². The van der Waals surface area contributed by atoms with Crippen molar-refractivity contribution in [3.8, 4) is 0 Å². The van der Waals surface area contributed by atoms with Crippen molar-refractivity contribution in [3.05, 3.63) is 36.0 Å². The molecule has 0 aliphatic heterocycles. The van der Waals surface area contributed by atoms with E-state index in [9.17, 15) is 4.79 Å². The molecule has 0 aliphatic rings. The first kappa shape index (κ1) is 15.5. The van der Waals surface area contributed by atoms with Gasteiger partial charge in [0.15, 0.2) is 0 Å². The minimum atomic E-state index is -0.751. The van der Waals surface area contributed by atoms with E-state index in [0.29, 0.717) is 12.3 Å². The van der Waals surface area contributed by atoms with Gasteiger partial charge in [0.05, 0.1) is 6.04 Å². The van der Waals surface area contributed by atoms with E-state index in [2.05, 4.69) is 30.7 Å². The molecular weight excluding hydrogens is 266 g/mol. The number of rotatable bonds is 6. The van der Waals surface area contributed by atoms with Crippen molar-refractivity contribution in [1.82, 2.24) is 10.0 Å². The Bertz CT molecular complexity index is 619. The summed E-state index contributed by atoms with van der Waals surface area (Å²) in [5, 5.41) is 9.78. The Morgan fingerprint density at radius 3 is 2.76 bits per heavy atom. The van der Waals surface area contributed by atoms with E-state index in [1.165, 1.54) is 0 Å². The summed E-state index contributed by atoms with van der Waals surface area (Å²) in [4.78, 5) is 11.4. The van der Waals surface area contributed by atoms with Gasteiger partial charge < -0.3 is 10.3 Å². The Labute approximate surface area is 124 Å². The van der Waals surface area contributed by atoms with Crippen molar-refractivity contribution < 1.29 is 10.0 Å². The number of benzene rings is 1. The number of carbonyl (C=O) groups is 1. The SMILES string of the molecule is CC(C)CCn1cc(C[C@H](N)C(=O)NO)c2ccccc21. The van der Waals surface area contributed by atoms with Gasteiger partial charge in [-0.05, 0) is 30.4 Å². The summed E-state index contributed by atoms with van der Waals surface area (Å²) in [7, 11) is 0. The fourth-order valence-electron chi connectivity index (χ4n) is 2.48. The van der Waals surface area contributed by atoms with Crippen LogP contribution in [0.15, 0.2) is 30.5 Å². The Morgan fingerprint density at radius 1 is 1.38 bits per heavy atom. The number of nitrogens with one attached hydrogen (secondary N) is 1. The molecule has 1 heterocycles. The van der Waals surface area contributed by atoms with E-state index >= 15 is 0 Å². The summed E-state index contributed by atoms with van der Waals surface area (Å²) < 4.78 is 2.22. The van der Waals surface area contributed by atoms with E-state index in [4.69, 9.17) is 10.9 Å². The highest BCUT2D eigenvalue weighted by Crippen LogP contribution is 2.23. The van der Waals surface area contributed by atoms with Crippen LogP contribution in [-0.4, -0.2) is 21.7 Å². The molecule has 21 heavy (non-hydrogen) atoms. The summed E-state index contributed by atoms with van der Waals surface area (Å²) in [6.45, 7) is 5.35. The van der Waals surface area contributed by atoms with E-state index in [1.54, 1.807) is 5.48 Å². The second-order valence-corrected chi connectivity index (χ2v) is 5.83. The molecule has 114 valence electrons. The third-order valence-corrected chi connectivity index (χ3v) is 3.71. The Kier molecular flexibility index (Phi) is 4.98. The number of nitrogens with two attached hydrogens (primary N) is 1. The number of hydroxylamine groups is 1. The smallest absolute Gasteiger partial charge is 0.260 e. The minimum absolute atomic E-state index is 0.404. The van der Waals surface area contributed by atoms with Crippen LogP contribution >= 0.6 is 0 Å². The highest BCUT2D eigenvalue weighted by Gasteiger charge is 2.16. The molecule has 0 bridgehead atoms. The quantitative estimate of drug-likeness (QED) is 0.562. The molecule has 0 saturated carbocycles. The van der Waals surface area contributed by atoms with Crippen LogP contribution in [0.2, 0.25) is 0 Å². The van der Waals surface area contributed by atoms with Crippen LogP contribution in [-0.2, 0) is 17.8 Å². The summed E-state index contributed by atoms with van der Waals surface area (Å²) in [5.74, 6) is 0.0750. The van der Waals surface area contributed by atoms with Crippen LogP contribution in [0.25, 0.3) is 10.9 Å². The van der Waals surface area contributed by atoms with Crippen LogP contribution < -0.4 is 11.2 Å². The Balaban J connectivity index is 2.29. The van der Waals surface area contributed by atoms with Crippen LogP contribution in [0, 0.1) is 5.92 Å². The van der Waals surface area contributed by atoms with Gasteiger partial charge in [-0.25, -0.2) is 5.48 Å². The molecule has 1 aromatic carbocycles. The average Bonchev–Trinajstić information content (AvgIpc) is 2.82. The molecule has 0 spiro atoms. The van der Waals surface area contributed by atoms with Gasteiger partial charge in [0.1, 0.15) is 0 Å². The van der Waals surface area contributed by atoms with Crippen LogP contribution in [0.3, 0.4) is 0 Å². The zero-order chi connectivity index (χ0) is 15.4. The molecule has 1 amide bonds. The van der Waals surface area contributed by atoms with E-state index in [-0.39, 0.29) is 0 Å². The van der Waals surface area contributed by atoms with Gasteiger partial charge in [-0.3, -0.25) is 10.0 Å². The fourth-order valence-corrected chi connectivity index (χ4v) is 2.48. The summed E-state index contributed by atoms with van der Waals surface area (Å²) >= 11 is 0. The molecular formula is C16H23N3O2. The highest BCUT2D eigenvalue weighted by molar-refractivity contribution is 5.86. The van der Waals surface area contributed by atoms with Crippen molar-refractivity contribution in [2.24, 2.45) is 11.7 Å². The molecule has 0 saturated heterocycles. The number of amides is 1. The third kappa shape index (κ3) is 3.62. The second-order valence-electron chi connectivity index (χ2n) is 5.83. The van der Waals surface area contributed by atoms with Gasteiger partial charge in [0.25, 0.3) is 5.91 Å². The van der Waals surface area contributed by atoms with Gasteiger partial charge >= 0.3 is 0 Å².